The summed E-state index contributed by atoms with van der Waals surface area (Å²) in [6.07, 6.45) is 3.89. The predicted octanol–water partition coefficient (Wildman–Crippen LogP) is 3.05. The third kappa shape index (κ3) is 1.25. The van der Waals surface area contributed by atoms with Gasteiger partial charge in [0.05, 0.1) is 11.7 Å². The molecule has 1 aromatic carbocycles. The van der Waals surface area contributed by atoms with E-state index in [1.165, 1.54) is 4.90 Å². The first kappa shape index (κ1) is 8.13. The second-order valence-corrected chi connectivity index (χ2v) is 4.21. The topological polar surface area (TPSA) is 28.7 Å². The van der Waals surface area contributed by atoms with E-state index in [4.69, 9.17) is 0 Å². The van der Waals surface area contributed by atoms with Crippen LogP contribution in [-0.2, 0) is 0 Å². The molecule has 2 rings (SSSR count). The van der Waals surface area contributed by atoms with Gasteiger partial charge >= 0.3 is 0 Å². The van der Waals surface area contributed by atoms with E-state index in [0.717, 1.165) is 15.4 Å². The molecular weight excluding hydrogens is 236 g/mol. The van der Waals surface area contributed by atoms with Crippen LogP contribution in [0.1, 0.15) is 0 Å². The van der Waals surface area contributed by atoms with Gasteiger partial charge in [0.2, 0.25) is 0 Å². The average molecular weight is 243 g/mol. The number of nitrogens with zero attached hydrogens (tertiary/aromatic N) is 1. The Kier molecular flexibility index (Phi) is 2.11. The van der Waals surface area contributed by atoms with Crippen LogP contribution in [0.4, 0.5) is 0 Å². The summed E-state index contributed by atoms with van der Waals surface area (Å²) in [5.41, 5.74) is 1.12. The lowest BCUT2D eigenvalue weighted by Crippen LogP contribution is -1.75. The van der Waals surface area contributed by atoms with Crippen molar-refractivity contribution in [2.45, 2.75) is 4.90 Å². The molecule has 0 unspecified atom stereocenters. The highest BCUT2D eigenvalue weighted by atomic mass is 79.9. The maximum Gasteiger partial charge on any atom is 0.0786 e. The van der Waals surface area contributed by atoms with E-state index in [1.54, 1.807) is 11.8 Å². The van der Waals surface area contributed by atoms with Crippen molar-refractivity contribution in [2.24, 2.45) is 0 Å². The molecule has 4 heteroatoms. The number of hydrogen-bond acceptors (Lipinski definition) is 2. The SMILES string of the molecule is CSc1cc(Br)cc2cn[nH]c12. The minimum absolute atomic E-state index is 1.10. The zero-order valence-electron chi connectivity index (χ0n) is 6.47. The monoisotopic (exact) mass is 242 g/mol. The van der Waals surface area contributed by atoms with Crippen LogP contribution in [-0.4, -0.2) is 16.5 Å². The van der Waals surface area contributed by atoms with Crippen LogP contribution in [0, 0.1) is 0 Å². The lowest BCUT2D eigenvalue weighted by Gasteiger charge is -1.98. The molecule has 0 aliphatic carbocycles. The molecule has 62 valence electrons. The highest BCUT2D eigenvalue weighted by Crippen LogP contribution is 2.28. The third-order valence-corrected chi connectivity index (χ3v) is 2.92. The Hall–Kier alpha value is -0.480. The molecule has 0 saturated carbocycles. The Morgan fingerprint density at radius 2 is 2.33 bits per heavy atom. The summed E-state index contributed by atoms with van der Waals surface area (Å²) >= 11 is 5.17. The van der Waals surface area contributed by atoms with Gasteiger partial charge in [-0.3, -0.25) is 5.10 Å². The van der Waals surface area contributed by atoms with E-state index < -0.39 is 0 Å². The zero-order chi connectivity index (χ0) is 8.55. The van der Waals surface area contributed by atoms with Gasteiger partial charge in [-0.15, -0.1) is 11.8 Å². The number of rotatable bonds is 1. The standard InChI is InChI=1S/C8H7BrN2S/c1-12-7-3-6(9)2-5-4-10-11-8(5)7/h2-4H,1H3,(H,10,11). The van der Waals surface area contributed by atoms with Crippen LogP contribution in [0.15, 0.2) is 27.7 Å². The molecule has 2 nitrogen and oxygen atoms in total. The lowest BCUT2D eigenvalue weighted by molar-refractivity contribution is 1.11. The predicted molar refractivity (Wildman–Crippen MR) is 55.6 cm³/mol. The normalized spacial score (nSPS) is 10.8. The van der Waals surface area contributed by atoms with Crippen LogP contribution in [0.2, 0.25) is 0 Å². The van der Waals surface area contributed by atoms with Crippen molar-refractivity contribution in [1.29, 1.82) is 0 Å². The van der Waals surface area contributed by atoms with Crippen LogP contribution in [0.25, 0.3) is 10.9 Å². The number of fused-ring (bicyclic) bond motifs is 1. The molecule has 0 aliphatic heterocycles. The highest BCUT2D eigenvalue weighted by molar-refractivity contribution is 9.10. The third-order valence-electron chi connectivity index (χ3n) is 1.70. The number of nitrogens with one attached hydrogen (secondary N) is 1. The maximum absolute atomic E-state index is 3.99. The lowest BCUT2D eigenvalue weighted by atomic mass is 10.3. The van der Waals surface area contributed by atoms with Crippen molar-refractivity contribution in [3.63, 3.8) is 0 Å². The van der Waals surface area contributed by atoms with E-state index in [0.29, 0.717) is 0 Å². The Morgan fingerprint density at radius 3 is 3.08 bits per heavy atom. The number of benzene rings is 1. The van der Waals surface area contributed by atoms with Crippen LogP contribution in [0.5, 0.6) is 0 Å². The molecule has 0 amide bonds. The minimum Gasteiger partial charge on any atom is -0.277 e. The number of aromatic nitrogens is 2. The summed E-state index contributed by atoms with van der Waals surface area (Å²) < 4.78 is 1.10. The molecule has 0 aliphatic rings. The Morgan fingerprint density at radius 1 is 1.50 bits per heavy atom. The molecule has 1 heterocycles. The first-order valence-corrected chi connectivity index (χ1v) is 5.49. The van der Waals surface area contributed by atoms with Crippen molar-refractivity contribution in [2.75, 3.05) is 6.26 Å². The highest BCUT2D eigenvalue weighted by Gasteiger charge is 2.02. The number of aromatic amines is 1. The minimum atomic E-state index is 1.10. The quantitative estimate of drug-likeness (QED) is 0.780. The molecular formula is C8H7BrN2S. The first-order valence-electron chi connectivity index (χ1n) is 3.48. The molecule has 12 heavy (non-hydrogen) atoms. The molecule has 1 N–H and O–H groups in total. The van der Waals surface area contributed by atoms with Crippen LogP contribution in [0.3, 0.4) is 0 Å². The largest absolute Gasteiger partial charge is 0.277 e. The molecule has 0 radical (unpaired) electrons. The van der Waals surface area contributed by atoms with Gasteiger partial charge in [-0.05, 0) is 18.4 Å². The second-order valence-electron chi connectivity index (χ2n) is 2.44. The van der Waals surface area contributed by atoms with Gasteiger partial charge in [0, 0.05) is 14.8 Å². The molecule has 2 aromatic rings. The fourth-order valence-corrected chi connectivity index (χ4v) is 2.39. The number of H-pyrrole nitrogens is 1. The first-order chi connectivity index (χ1) is 5.81. The van der Waals surface area contributed by atoms with Gasteiger partial charge in [-0.1, -0.05) is 15.9 Å². The molecule has 0 atom stereocenters. The summed E-state index contributed by atoms with van der Waals surface area (Å²) in [5, 5.41) is 8.11. The van der Waals surface area contributed by atoms with Crippen molar-refractivity contribution in [3.05, 3.63) is 22.8 Å². The fourth-order valence-electron chi connectivity index (χ4n) is 1.15. The van der Waals surface area contributed by atoms with Gasteiger partial charge in [0.25, 0.3) is 0 Å². The van der Waals surface area contributed by atoms with Crippen molar-refractivity contribution in [3.8, 4) is 0 Å². The van der Waals surface area contributed by atoms with E-state index in [9.17, 15) is 0 Å². The molecule has 0 saturated heterocycles. The van der Waals surface area contributed by atoms with Crippen LogP contribution < -0.4 is 0 Å². The van der Waals surface area contributed by atoms with Crippen LogP contribution >= 0.6 is 27.7 Å². The van der Waals surface area contributed by atoms with E-state index >= 15 is 0 Å². The maximum atomic E-state index is 3.99. The van der Waals surface area contributed by atoms with Crippen molar-refractivity contribution < 1.29 is 0 Å². The van der Waals surface area contributed by atoms with Gasteiger partial charge in [-0.2, -0.15) is 5.10 Å². The fraction of sp³-hybridized carbons (Fsp3) is 0.125. The smallest absolute Gasteiger partial charge is 0.0786 e. The van der Waals surface area contributed by atoms with Gasteiger partial charge in [-0.25, -0.2) is 0 Å². The summed E-state index contributed by atoms with van der Waals surface area (Å²) in [4.78, 5) is 1.22. The zero-order valence-corrected chi connectivity index (χ0v) is 8.87. The number of halogens is 1. The summed E-state index contributed by atoms with van der Waals surface area (Å²) in [6, 6.07) is 4.14. The van der Waals surface area contributed by atoms with E-state index in [1.807, 2.05) is 6.20 Å². The van der Waals surface area contributed by atoms with Gasteiger partial charge in [0.1, 0.15) is 0 Å². The Balaban J connectivity index is 2.80. The number of hydrogen-bond donors (Lipinski definition) is 1. The average Bonchev–Trinajstić information content (AvgIpc) is 2.50. The van der Waals surface area contributed by atoms with Crippen molar-refractivity contribution >= 4 is 38.6 Å². The Labute approximate surface area is 82.9 Å². The molecule has 0 bridgehead atoms. The summed E-state index contributed by atoms with van der Waals surface area (Å²) in [7, 11) is 0. The van der Waals surface area contributed by atoms with Gasteiger partial charge < -0.3 is 0 Å². The second kappa shape index (κ2) is 3.11. The molecule has 0 fully saturated rings. The van der Waals surface area contributed by atoms with Crippen molar-refractivity contribution in [1.82, 2.24) is 10.2 Å². The summed E-state index contributed by atoms with van der Waals surface area (Å²) in [6.45, 7) is 0. The van der Waals surface area contributed by atoms with Gasteiger partial charge in [0.15, 0.2) is 0 Å². The Bertz CT molecular complexity index is 410. The number of thioether (sulfide) groups is 1. The van der Waals surface area contributed by atoms with E-state index in [-0.39, 0.29) is 0 Å². The summed E-state index contributed by atoms with van der Waals surface area (Å²) in [5.74, 6) is 0. The molecule has 0 spiro atoms. The molecule has 1 aromatic heterocycles. The van der Waals surface area contributed by atoms with E-state index in [2.05, 4.69) is 44.5 Å².